The maximum Gasteiger partial charge on any atom is 0.252 e. The molecule has 0 unspecified atom stereocenters. The molecule has 0 radical (unpaired) electrons. The van der Waals surface area contributed by atoms with Gasteiger partial charge in [0.1, 0.15) is 11.6 Å². The lowest BCUT2D eigenvalue weighted by Crippen LogP contribution is -2.33. The number of hydrogen-bond acceptors (Lipinski definition) is 4. The van der Waals surface area contributed by atoms with E-state index in [1.165, 1.54) is 31.7 Å². The zero-order chi connectivity index (χ0) is 13.7. The average Bonchev–Trinajstić information content (AvgIpc) is 2.92. The summed E-state index contributed by atoms with van der Waals surface area (Å²) >= 11 is 0. The van der Waals surface area contributed by atoms with E-state index in [0.717, 1.165) is 31.4 Å². The molecule has 1 fully saturated rings. The molecular formula is C14H24N4O. The topological polar surface area (TPSA) is 61.0 Å². The third-order valence-electron chi connectivity index (χ3n) is 3.84. The van der Waals surface area contributed by atoms with E-state index in [0.29, 0.717) is 5.82 Å². The maximum atomic E-state index is 11.4. The number of rotatable bonds is 6. The molecule has 0 aromatic carbocycles. The summed E-state index contributed by atoms with van der Waals surface area (Å²) < 4.78 is 0. The van der Waals surface area contributed by atoms with E-state index in [4.69, 9.17) is 0 Å². The van der Waals surface area contributed by atoms with Gasteiger partial charge < -0.3 is 15.2 Å². The van der Waals surface area contributed by atoms with Crippen molar-refractivity contribution in [1.82, 2.24) is 14.9 Å². The minimum Gasteiger partial charge on any atom is -0.369 e. The number of likely N-dealkylation sites (N-methyl/N-ethyl adjacent to an activating group) is 1. The first kappa shape index (κ1) is 14.1. The van der Waals surface area contributed by atoms with Gasteiger partial charge in [-0.2, -0.15) is 0 Å². The summed E-state index contributed by atoms with van der Waals surface area (Å²) in [4.78, 5) is 20.9. The Labute approximate surface area is 114 Å². The first-order chi connectivity index (χ1) is 9.19. The van der Waals surface area contributed by atoms with Crippen LogP contribution in [-0.4, -0.2) is 41.0 Å². The average molecular weight is 264 g/mol. The summed E-state index contributed by atoms with van der Waals surface area (Å²) in [5.74, 6) is 1.42. The Kier molecular flexibility index (Phi) is 4.96. The third-order valence-corrected chi connectivity index (χ3v) is 3.84. The fourth-order valence-corrected chi connectivity index (χ4v) is 2.65. The lowest BCUT2D eigenvalue weighted by Gasteiger charge is -2.24. The number of aromatic amines is 1. The molecule has 0 atom stereocenters. The Bertz CT molecular complexity index is 451. The van der Waals surface area contributed by atoms with Crippen molar-refractivity contribution in [2.75, 3.05) is 25.5 Å². The highest BCUT2D eigenvalue weighted by atomic mass is 16.1. The van der Waals surface area contributed by atoms with Crippen LogP contribution in [0.2, 0.25) is 0 Å². The van der Waals surface area contributed by atoms with Gasteiger partial charge in [0.05, 0.1) is 0 Å². The molecule has 5 heteroatoms. The van der Waals surface area contributed by atoms with Crippen molar-refractivity contribution >= 4 is 5.82 Å². The molecule has 1 aliphatic carbocycles. The predicted octanol–water partition coefficient (Wildman–Crippen LogP) is 1.62. The molecular weight excluding hydrogens is 240 g/mol. The second-order valence-electron chi connectivity index (χ2n) is 5.28. The van der Waals surface area contributed by atoms with E-state index in [-0.39, 0.29) is 5.56 Å². The van der Waals surface area contributed by atoms with Crippen LogP contribution in [0.1, 0.15) is 38.4 Å². The minimum atomic E-state index is -0.0847. The first-order valence-electron chi connectivity index (χ1n) is 7.23. The zero-order valence-corrected chi connectivity index (χ0v) is 11.9. The van der Waals surface area contributed by atoms with Crippen molar-refractivity contribution < 1.29 is 0 Å². The summed E-state index contributed by atoms with van der Waals surface area (Å²) in [6.07, 6.45) is 6.10. The number of hydrogen-bond donors (Lipinski definition) is 2. The SMILES string of the molecule is CCc1nc(NCCN(C)C2CCCC2)cc(=O)[nH]1. The van der Waals surface area contributed by atoms with Crippen LogP contribution in [0.3, 0.4) is 0 Å². The molecule has 5 nitrogen and oxygen atoms in total. The van der Waals surface area contributed by atoms with Crippen LogP contribution in [-0.2, 0) is 6.42 Å². The van der Waals surface area contributed by atoms with Crippen molar-refractivity contribution in [2.24, 2.45) is 0 Å². The molecule has 1 aromatic rings. The van der Waals surface area contributed by atoms with Crippen LogP contribution in [0.4, 0.5) is 5.82 Å². The highest BCUT2D eigenvalue weighted by molar-refractivity contribution is 5.32. The van der Waals surface area contributed by atoms with Crippen molar-refractivity contribution in [1.29, 1.82) is 0 Å². The van der Waals surface area contributed by atoms with Crippen molar-refractivity contribution in [3.05, 3.63) is 22.2 Å². The summed E-state index contributed by atoms with van der Waals surface area (Å²) in [6, 6.07) is 2.26. The quantitative estimate of drug-likeness (QED) is 0.819. The largest absolute Gasteiger partial charge is 0.369 e. The van der Waals surface area contributed by atoms with E-state index in [2.05, 4.69) is 27.2 Å². The van der Waals surface area contributed by atoms with E-state index in [9.17, 15) is 4.79 Å². The van der Waals surface area contributed by atoms with Gasteiger partial charge in [-0.05, 0) is 19.9 Å². The Hall–Kier alpha value is -1.36. The molecule has 19 heavy (non-hydrogen) atoms. The van der Waals surface area contributed by atoms with Gasteiger partial charge in [-0.3, -0.25) is 4.79 Å². The molecule has 106 valence electrons. The number of anilines is 1. The Morgan fingerprint density at radius 2 is 2.21 bits per heavy atom. The number of aryl methyl sites for hydroxylation is 1. The number of nitrogens with one attached hydrogen (secondary N) is 2. The van der Waals surface area contributed by atoms with Crippen LogP contribution < -0.4 is 10.9 Å². The highest BCUT2D eigenvalue weighted by Gasteiger charge is 2.18. The smallest absolute Gasteiger partial charge is 0.252 e. The highest BCUT2D eigenvalue weighted by Crippen LogP contribution is 2.21. The molecule has 0 aliphatic heterocycles. The van der Waals surface area contributed by atoms with Gasteiger partial charge >= 0.3 is 0 Å². The molecule has 1 heterocycles. The van der Waals surface area contributed by atoms with Crippen LogP contribution in [0.15, 0.2) is 10.9 Å². The van der Waals surface area contributed by atoms with E-state index >= 15 is 0 Å². The molecule has 2 N–H and O–H groups in total. The lowest BCUT2D eigenvalue weighted by molar-refractivity contribution is 0.254. The number of nitrogens with zero attached hydrogens (tertiary/aromatic N) is 2. The standard InChI is InChI=1S/C14H24N4O/c1-3-12-16-13(10-14(19)17-12)15-8-9-18(2)11-6-4-5-7-11/h10-11H,3-9H2,1-2H3,(H2,15,16,17,19). The van der Waals surface area contributed by atoms with Crippen LogP contribution in [0, 0.1) is 0 Å². The van der Waals surface area contributed by atoms with Crippen molar-refractivity contribution in [3.63, 3.8) is 0 Å². The molecule has 1 aromatic heterocycles. The molecule has 1 saturated carbocycles. The number of aromatic nitrogens is 2. The van der Waals surface area contributed by atoms with Gasteiger partial charge in [0.25, 0.3) is 5.56 Å². The first-order valence-corrected chi connectivity index (χ1v) is 7.23. The molecule has 0 spiro atoms. The summed E-state index contributed by atoms with van der Waals surface area (Å²) in [5.41, 5.74) is -0.0847. The van der Waals surface area contributed by atoms with Gasteiger partial charge in [0.2, 0.25) is 0 Å². The zero-order valence-electron chi connectivity index (χ0n) is 11.9. The van der Waals surface area contributed by atoms with Crippen LogP contribution in [0.5, 0.6) is 0 Å². The maximum absolute atomic E-state index is 11.4. The summed E-state index contributed by atoms with van der Waals surface area (Å²) in [5, 5.41) is 3.24. The van der Waals surface area contributed by atoms with Crippen molar-refractivity contribution in [3.8, 4) is 0 Å². The Morgan fingerprint density at radius 1 is 1.47 bits per heavy atom. The minimum absolute atomic E-state index is 0.0847. The number of H-pyrrole nitrogens is 1. The Morgan fingerprint density at radius 3 is 2.89 bits per heavy atom. The van der Waals surface area contributed by atoms with E-state index in [1.54, 1.807) is 0 Å². The molecule has 2 rings (SSSR count). The van der Waals surface area contributed by atoms with Gasteiger partial charge in [-0.25, -0.2) is 4.98 Å². The molecule has 0 saturated heterocycles. The monoisotopic (exact) mass is 264 g/mol. The predicted molar refractivity (Wildman–Crippen MR) is 77.6 cm³/mol. The fourth-order valence-electron chi connectivity index (χ4n) is 2.65. The lowest BCUT2D eigenvalue weighted by atomic mass is 10.2. The second-order valence-corrected chi connectivity index (χ2v) is 5.28. The van der Waals surface area contributed by atoms with Crippen molar-refractivity contribution in [2.45, 2.75) is 45.1 Å². The fraction of sp³-hybridized carbons (Fsp3) is 0.714. The van der Waals surface area contributed by atoms with Crippen LogP contribution in [0.25, 0.3) is 0 Å². The normalized spacial score (nSPS) is 16.2. The van der Waals surface area contributed by atoms with E-state index in [1.807, 2.05) is 6.92 Å². The van der Waals surface area contributed by atoms with Gasteiger partial charge in [0, 0.05) is 31.6 Å². The molecule has 0 bridgehead atoms. The molecule has 1 aliphatic rings. The molecule has 0 amide bonds. The third kappa shape index (κ3) is 4.06. The summed E-state index contributed by atoms with van der Waals surface area (Å²) in [7, 11) is 2.18. The summed E-state index contributed by atoms with van der Waals surface area (Å²) in [6.45, 7) is 3.79. The van der Waals surface area contributed by atoms with E-state index < -0.39 is 0 Å². The van der Waals surface area contributed by atoms with Crippen LogP contribution >= 0.6 is 0 Å². The van der Waals surface area contributed by atoms with Gasteiger partial charge in [-0.1, -0.05) is 19.8 Å². The second kappa shape index (κ2) is 6.70. The van der Waals surface area contributed by atoms with Gasteiger partial charge in [0.15, 0.2) is 0 Å². The Balaban J connectivity index is 1.81. The van der Waals surface area contributed by atoms with Gasteiger partial charge in [-0.15, -0.1) is 0 Å².